The zero-order chi connectivity index (χ0) is 21.1. The number of rotatable bonds is 6. The summed E-state index contributed by atoms with van der Waals surface area (Å²) in [6, 6.07) is 7.61. The summed E-state index contributed by atoms with van der Waals surface area (Å²) in [5, 5.41) is 7.17. The van der Waals surface area contributed by atoms with Gasteiger partial charge in [0.05, 0.1) is 30.5 Å². The van der Waals surface area contributed by atoms with E-state index in [1.54, 1.807) is 12.1 Å². The number of nitrogens with one attached hydrogen (secondary N) is 1. The topological polar surface area (TPSA) is 121 Å². The molecule has 0 spiro atoms. The number of hydrogen-bond acceptors (Lipinski definition) is 6. The smallest absolute Gasteiger partial charge is 0.274 e. The van der Waals surface area contributed by atoms with E-state index in [2.05, 4.69) is 31.3 Å². The monoisotopic (exact) mass is 479 g/mol. The molecule has 0 aliphatic carbocycles. The number of methoxy groups -OCH3 is 2. The van der Waals surface area contributed by atoms with Crippen molar-refractivity contribution in [2.45, 2.75) is 0 Å². The molecule has 0 saturated heterocycles. The third-order valence-electron chi connectivity index (χ3n) is 3.89. The van der Waals surface area contributed by atoms with Crippen molar-refractivity contribution in [3.63, 3.8) is 0 Å². The van der Waals surface area contributed by atoms with Gasteiger partial charge in [-0.15, -0.1) is 0 Å². The summed E-state index contributed by atoms with van der Waals surface area (Å²) in [4.78, 5) is 29.0. The van der Waals surface area contributed by atoms with Gasteiger partial charge in [0, 0.05) is 18.3 Å². The zero-order valence-corrected chi connectivity index (χ0v) is 17.6. The lowest BCUT2D eigenvalue weighted by Gasteiger charge is -2.14. The molecule has 1 aromatic carbocycles. The predicted molar refractivity (Wildman–Crippen MR) is 110 cm³/mol. The lowest BCUT2D eigenvalue weighted by Crippen LogP contribution is -2.21. The minimum atomic E-state index is -0.747. The van der Waals surface area contributed by atoms with Crippen LogP contribution in [0.3, 0.4) is 0 Å². The van der Waals surface area contributed by atoms with E-state index in [0.29, 0.717) is 21.1 Å². The molecule has 2 aromatic heterocycles. The molecule has 3 rings (SSSR count). The van der Waals surface area contributed by atoms with E-state index >= 15 is 0 Å². The van der Waals surface area contributed by atoms with Gasteiger partial charge in [0.1, 0.15) is 10.3 Å². The summed E-state index contributed by atoms with van der Waals surface area (Å²) < 4.78 is 12.1. The Morgan fingerprint density at radius 3 is 2.52 bits per heavy atom. The minimum Gasteiger partial charge on any atom is -0.493 e. The van der Waals surface area contributed by atoms with E-state index in [0.717, 1.165) is 0 Å². The quantitative estimate of drug-likeness (QED) is 0.559. The van der Waals surface area contributed by atoms with Crippen LogP contribution in [0.25, 0.3) is 5.82 Å². The highest BCUT2D eigenvalue weighted by Crippen LogP contribution is 2.33. The molecule has 0 unspecified atom stereocenters. The van der Waals surface area contributed by atoms with E-state index < -0.39 is 11.8 Å². The fourth-order valence-electron chi connectivity index (χ4n) is 2.58. The molecule has 9 nitrogen and oxygen atoms in total. The van der Waals surface area contributed by atoms with Gasteiger partial charge in [0.2, 0.25) is 0 Å². The predicted octanol–water partition coefficient (Wildman–Crippen LogP) is 3.05. The maximum atomic E-state index is 13.0. The van der Waals surface area contributed by atoms with Crippen LogP contribution in [0.4, 0.5) is 5.69 Å². The Bertz CT molecular complexity index is 1100. The van der Waals surface area contributed by atoms with E-state index in [-0.39, 0.29) is 22.8 Å². The van der Waals surface area contributed by atoms with Crippen LogP contribution in [0, 0.1) is 0 Å². The van der Waals surface area contributed by atoms with Gasteiger partial charge in [-0.3, -0.25) is 9.59 Å². The van der Waals surface area contributed by atoms with Gasteiger partial charge in [-0.1, -0.05) is 11.6 Å². The average Bonchev–Trinajstić information content (AvgIpc) is 3.09. The number of nitrogens with two attached hydrogens (primary N) is 1. The van der Waals surface area contributed by atoms with E-state index in [4.69, 9.17) is 26.8 Å². The standard InChI is InChI=1S/C18H15BrClN5O4/c1-28-13-6-9(16(21)26)11(7-14(13)29-2)23-18(27)12-8-15(19)24-25(12)17-10(20)4-3-5-22-17/h3-8H,1-2H3,(H2,21,26)(H,23,27). The second-order valence-electron chi connectivity index (χ2n) is 5.64. The average molecular weight is 481 g/mol. The van der Waals surface area contributed by atoms with E-state index in [1.165, 1.54) is 43.3 Å². The number of nitrogens with zero attached hydrogens (tertiary/aromatic N) is 3. The van der Waals surface area contributed by atoms with Crippen molar-refractivity contribution in [1.82, 2.24) is 14.8 Å². The van der Waals surface area contributed by atoms with Crippen LogP contribution in [0.1, 0.15) is 20.8 Å². The molecule has 0 aliphatic heterocycles. The Morgan fingerprint density at radius 2 is 1.90 bits per heavy atom. The first kappa shape index (κ1) is 20.6. The number of carbonyl (C=O) groups excluding carboxylic acids is 2. The van der Waals surface area contributed by atoms with Crippen LogP contribution in [0.15, 0.2) is 41.1 Å². The van der Waals surface area contributed by atoms with E-state index in [1.807, 2.05) is 0 Å². The molecule has 0 atom stereocenters. The molecule has 2 heterocycles. The minimum absolute atomic E-state index is 0.0528. The van der Waals surface area contributed by atoms with Crippen molar-refractivity contribution in [2.75, 3.05) is 19.5 Å². The van der Waals surface area contributed by atoms with Crippen molar-refractivity contribution >= 4 is 45.0 Å². The molecule has 0 saturated carbocycles. The molecule has 3 N–H and O–H groups in total. The number of ether oxygens (including phenoxy) is 2. The Labute approximate surface area is 178 Å². The summed E-state index contributed by atoms with van der Waals surface area (Å²) >= 11 is 9.43. The summed E-state index contributed by atoms with van der Waals surface area (Å²) in [7, 11) is 2.86. The SMILES string of the molecule is COc1cc(NC(=O)c2cc(Br)nn2-c2ncccc2Cl)c(C(N)=O)cc1OC. The zero-order valence-electron chi connectivity index (χ0n) is 15.3. The van der Waals surface area contributed by atoms with Gasteiger partial charge < -0.3 is 20.5 Å². The first-order valence-electron chi connectivity index (χ1n) is 8.09. The Morgan fingerprint density at radius 1 is 1.21 bits per heavy atom. The van der Waals surface area contributed by atoms with Gasteiger partial charge in [0.15, 0.2) is 17.3 Å². The molecule has 2 amide bonds. The maximum absolute atomic E-state index is 13.0. The molecular formula is C18H15BrClN5O4. The van der Waals surface area contributed by atoms with Crippen LogP contribution in [-0.4, -0.2) is 40.8 Å². The molecular weight excluding hydrogens is 466 g/mol. The van der Waals surface area contributed by atoms with Crippen molar-refractivity contribution in [3.05, 3.63) is 57.4 Å². The normalized spacial score (nSPS) is 10.5. The Hall–Kier alpha value is -3.11. The fourth-order valence-corrected chi connectivity index (χ4v) is 3.16. The highest BCUT2D eigenvalue weighted by molar-refractivity contribution is 9.10. The van der Waals surface area contributed by atoms with Gasteiger partial charge in [0.25, 0.3) is 11.8 Å². The molecule has 0 radical (unpaired) electrons. The molecule has 29 heavy (non-hydrogen) atoms. The first-order valence-corrected chi connectivity index (χ1v) is 9.26. The van der Waals surface area contributed by atoms with Crippen LogP contribution >= 0.6 is 27.5 Å². The lowest BCUT2D eigenvalue weighted by molar-refractivity contribution is 0.100. The number of pyridine rings is 1. The fraction of sp³-hybridized carbons (Fsp3) is 0.111. The van der Waals surface area contributed by atoms with Gasteiger partial charge >= 0.3 is 0 Å². The van der Waals surface area contributed by atoms with Crippen molar-refractivity contribution < 1.29 is 19.1 Å². The van der Waals surface area contributed by atoms with Crippen LogP contribution < -0.4 is 20.5 Å². The largest absolute Gasteiger partial charge is 0.493 e. The van der Waals surface area contributed by atoms with Crippen molar-refractivity contribution in [1.29, 1.82) is 0 Å². The Kier molecular flexibility index (Phi) is 6.04. The third kappa shape index (κ3) is 4.17. The molecule has 0 bridgehead atoms. The van der Waals surface area contributed by atoms with Crippen LogP contribution in [0.5, 0.6) is 11.5 Å². The number of halogens is 2. The van der Waals surface area contributed by atoms with Gasteiger partial charge in [-0.2, -0.15) is 5.10 Å². The number of anilines is 1. The number of aromatic nitrogens is 3. The number of hydrogen-bond donors (Lipinski definition) is 2. The number of primary amides is 1. The molecule has 11 heteroatoms. The second-order valence-corrected chi connectivity index (χ2v) is 6.86. The van der Waals surface area contributed by atoms with Crippen LogP contribution in [0.2, 0.25) is 5.02 Å². The van der Waals surface area contributed by atoms with Crippen molar-refractivity contribution in [2.24, 2.45) is 5.73 Å². The summed E-state index contributed by atoms with van der Waals surface area (Å²) in [5.41, 5.74) is 5.78. The molecule has 0 fully saturated rings. The summed E-state index contributed by atoms with van der Waals surface area (Å²) in [6.45, 7) is 0. The first-order chi connectivity index (χ1) is 13.8. The highest BCUT2D eigenvalue weighted by atomic mass is 79.9. The van der Waals surface area contributed by atoms with Crippen molar-refractivity contribution in [3.8, 4) is 17.3 Å². The summed E-state index contributed by atoms with van der Waals surface area (Å²) in [6.07, 6.45) is 1.53. The van der Waals surface area contributed by atoms with E-state index in [9.17, 15) is 9.59 Å². The lowest BCUT2D eigenvalue weighted by atomic mass is 10.1. The van der Waals surface area contributed by atoms with Crippen LogP contribution in [-0.2, 0) is 0 Å². The molecule has 3 aromatic rings. The molecule has 150 valence electrons. The second kappa shape index (κ2) is 8.50. The molecule has 0 aliphatic rings. The number of benzene rings is 1. The summed E-state index contributed by atoms with van der Waals surface area (Å²) in [5.74, 6) is -0.432. The maximum Gasteiger partial charge on any atom is 0.274 e. The Balaban J connectivity index is 2.04. The highest BCUT2D eigenvalue weighted by Gasteiger charge is 2.22. The third-order valence-corrected chi connectivity index (χ3v) is 4.57. The number of amides is 2. The number of carbonyl (C=O) groups is 2. The van der Waals surface area contributed by atoms with Gasteiger partial charge in [-0.05, 0) is 34.1 Å². The van der Waals surface area contributed by atoms with Gasteiger partial charge in [-0.25, -0.2) is 9.67 Å².